The van der Waals surface area contributed by atoms with Gasteiger partial charge in [-0.25, -0.2) is 8.42 Å². The molecule has 0 atom stereocenters. The lowest BCUT2D eigenvalue weighted by Crippen LogP contribution is -2.14. The molecule has 0 heterocycles. The fourth-order valence-electron chi connectivity index (χ4n) is 1.62. The molecular weight excluding hydrogens is 319 g/mol. The largest absolute Gasteiger partial charge is 0.326 e. The molecule has 20 heavy (non-hydrogen) atoms. The molecule has 0 aromatic heterocycles. The Kier molecular flexibility index (Phi) is 4.55. The van der Waals surface area contributed by atoms with Crippen molar-refractivity contribution in [2.75, 3.05) is 4.72 Å². The third-order valence-electron chi connectivity index (χ3n) is 2.64. The SMILES string of the molecule is NCc1ccc(Cl)c(S(=O)(=O)Nc2ccccc2Cl)c1. The maximum atomic E-state index is 12.3. The van der Waals surface area contributed by atoms with Crippen molar-refractivity contribution in [2.24, 2.45) is 5.73 Å². The van der Waals surface area contributed by atoms with E-state index in [2.05, 4.69) is 4.72 Å². The molecule has 0 aliphatic heterocycles. The van der Waals surface area contributed by atoms with Gasteiger partial charge in [-0.1, -0.05) is 41.4 Å². The summed E-state index contributed by atoms with van der Waals surface area (Å²) in [6.07, 6.45) is 0. The summed E-state index contributed by atoms with van der Waals surface area (Å²) in [6.45, 7) is 0.228. The quantitative estimate of drug-likeness (QED) is 0.903. The van der Waals surface area contributed by atoms with Crippen LogP contribution in [-0.4, -0.2) is 8.42 Å². The van der Waals surface area contributed by atoms with Crippen molar-refractivity contribution >= 4 is 38.9 Å². The summed E-state index contributed by atoms with van der Waals surface area (Å²) in [5.41, 5.74) is 6.48. The number of para-hydroxylation sites is 1. The zero-order chi connectivity index (χ0) is 14.8. The van der Waals surface area contributed by atoms with Crippen LogP contribution in [0.25, 0.3) is 0 Å². The van der Waals surface area contributed by atoms with Crippen LogP contribution in [0, 0.1) is 0 Å². The van der Waals surface area contributed by atoms with Gasteiger partial charge in [0.05, 0.1) is 15.7 Å². The van der Waals surface area contributed by atoms with E-state index in [1.807, 2.05) is 0 Å². The van der Waals surface area contributed by atoms with Crippen molar-refractivity contribution in [1.29, 1.82) is 0 Å². The first-order chi connectivity index (χ1) is 9.44. The van der Waals surface area contributed by atoms with Crippen LogP contribution in [0.4, 0.5) is 5.69 Å². The predicted octanol–water partition coefficient (Wildman–Crippen LogP) is 3.25. The van der Waals surface area contributed by atoms with E-state index < -0.39 is 10.0 Å². The Labute approximate surface area is 127 Å². The van der Waals surface area contributed by atoms with Gasteiger partial charge in [-0.05, 0) is 29.8 Å². The molecule has 7 heteroatoms. The Bertz CT molecular complexity index is 733. The smallest absolute Gasteiger partial charge is 0.263 e. The number of rotatable bonds is 4. The van der Waals surface area contributed by atoms with Crippen LogP contribution in [0.15, 0.2) is 47.4 Å². The number of sulfonamides is 1. The molecule has 0 radical (unpaired) electrons. The maximum Gasteiger partial charge on any atom is 0.263 e. The van der Waals surface area contributed by atoms with Gasteiger partial charge in [0.1, 0.15) is 4.90 Å². The van der Waals surface area contributed by atoms with Crippen molar-refractivity contribution in [3.8, 4) is 0 Å². The van der Waals surface area contributed by atoms with Gasteiger partial charge in [-0.3, -0.25) is 4.72 Å². The minimum Gasteiger partial charge on any atom is -0.326 e. The first-order valence-electron chi connectivity index (χ1n) is 5.70. The lowest BCUT2D eigenvalue weighted by atomic mass is 10.2. The average Bonchev–Trinajstić information content (AvgIpc) is 2.41. The molecule has 0 fully saturated rings. The molecule has 0 bridgehead atoms. The van der Waals surface area contributed by atoms with Crippen LogP contribution in [0.5, 0.6) is 0 Å². The molecule has 3 N–H and O–H groups in total. The minimum atomic E-state index is -3.82. The number of nitrogens with two attached hydrogens (primary N) is 1. The molecule has 0 amide bonds. The van der Waals surface area contributed by atoms with Gasteiger partial charge in [0.2, 0.25) is 0 Å². The fraction of sp³-hybridized carbons (Fsp3) is 0.0769. The van der Waals surface area contributed by atoms with Crippen molar-refractivity contribution < 1.29 is 8.42 Å². The highest BCUT2D eigenvalue weighted by Gasteiger charge is 2.19. The Hall–Kier alpha value is -1.27. The van der Waals surface area contributed by atoms with Crippen LogP contribution in [0.2, 0.25) is 10.0 Å². The summed E-state index contributed by atoms with van der Waals surface area (Å²) in [7, 11) is -3.82. The molecule has 0 aliphatic carbocycles. The molecule has 0 aliphatic rings. The molecule has 2 aromatic rings. The Balaban J connectivity index is 2.43. The van der Waals surface area contributed by atoms with E-state index in [0.29, 0.717) is 16.3 Å². The highest BCUT2D eigenvalue weighted by atomic mass is 35.5. The van der Waals surface area contributed by atoms with Crippen LogP contribution in [0.3, 0.4) is 0 Å². The van der Waals surface area contributed by atoms with E-state index in [-0.39, 0.29) is 16.5 Å². The number of hydrogen-bond donors (Lipinski definition) is 2. The highest BCUT2D eigenvalue weighted by molar-refractivity contribution is 7.92. The molecule has 0 spiro atoms. The molecule has 0 saturated heterocycles. The monoisotopic (exact) mass is 330 g/mol. The average molecular weight is 331 g/mol. The lowest BCUT2D eigenvalue weighted by molar-refractivity contribution is 0.601. The maximum absolute atomic E-state index is 12.3. The van der Waals surface area contributed by atoms with Gasteiger partial charge in [0, 0.05) is 6.54 Å². The summed E-state index contributed by atoms with van der Waals surface area (Å²) in [6, 6.07) is 11.2. The zero-order valence-corrected chi connectivity index (χ0v) is 12.6. The molecule has 106 valence electrons. The molecule has 2 rings (SSSR count). The number of anilines is 1. The van der Waals surface area contributed by atoms with Gasteiger partial charge in [0.25, 0.3) is 10.0 Å². The number of nitrogens with one attached hydrogen (secondary N) is 1. The van der Waals surface area contributed by atoms with Gasteiger partial charge in [-0.2, -0.15) is 0 Å². The summed E-state index contributed by atoms with van der Waals surface area (Å²) in [4.78, 5) is -0.0259. The number of benzene rings is 2. The second-order valence-corrected chi connectivity index (χ2v) is 6.52. The van der Waals surface area contributed by atoms with Crippen molar-refractivity contribution in [1.82, 2.24) is 0 Å². The summed E-state index contributed by atoms with van der Waals surface area (Å²) in [5, 5.41) is 0.434. The van der Waals surface area contributed by atoms with Gasteiger partial charge < -0.3 is 5.73 Å². The van der Waals surface area contributed by atoms with Crippen LogP contribution in [0.1, 0.15) is 5.56 Å². The molecule has 0 unspecified atom stereocenters. The Morgan fingerprint density at radius 2 is 1.75 bits per heavy atom. The van der Waals surface area contributed by atoms with E-state index in [1.165, 1.54) is 12.1 Å². The second-order valence-electron chi connectivity index (χ2n) is 4.05. The van der Waals surface area contributed by atoms with E-state index in [9.17, 15) is 8.42 Å². The van der Waals surface area contributed by atoms with Crippen molar-refractivity contribution in [3.05, 3.63) is 58.1 Å². The first kappa shape index (κ1) is 15.1. The van der Waals surface area contributed by atoms with E-state index >= 15 is 0 Å². The van der Waals surface area contributed by atoms with Crippen molar-refractivity contribution in [2.45, 2.75) is 11.4 Å². The number of hydrogen-bond acceptors (Lipinski definition) is 3. The van der Waals surface area contributed by atoms with Gasteiger partial charge >= 0.3 is 0 Å². The predicted molar refractivity (Wildman–Crippen MR) is 81.6 cm³/mol. The van der Waals surface area contributed by atoms with Crippen LogP contribution in [-0.2, 0) is 16.6 Å². The van der Waals surface area contributed by atoms with E-state index in [0.717, 1.165) is 0 Å². The Morgan fingerprint density at radius 1 is 1.05 bits per heavy atom. The second kappa shape index (κ2) is 6.01. The van der Waals surface area contributed by atoms with Gasteiger partial charge in [-0.15, -0.1) is 0 Å². The third-order valence-corrected chi connectivity index (χ3v) is 4.82. The summed E-state index contributed by atoms with van der Waals surface area (Å²) >= 11 is 11.9. The van der Waals surface area contributed by atoms with E-state index in [4.69, 9.17) is 28.9 Å². The molecule has 0 saturated carbocycles. The molecule has 2 aromatic carbocycles. The molecule has 4 nitrogen and oxygen atoms in total. The van der Waals surface area contributed by atoms with Crippen LogP contribution >= 0.6 is 23.2 Å². The first-order valence-corrected chi connectivity index (χ1v) is 7.94. The standard InChI is InChI=1S/C13H12Cl2N2O2S/c14-10-3-1-2-4-12(10)17-20(18,19)13-7-9(8-16)5-6-11(13)15/h1-7,17H,8,16H2. The lowest BCUT2D eigenvalue weighted by Gasteiger charge is -2.11. The molecular formula is C13H12Cl2N2O2S. The fourth-order valence-corrected chi connectivity index (χ4v) is 3.49. The topological polar surface area (TPSA) is 72.2 Å². The van der Waals surface area contributed by atoms with Crippen molar-refractivity contribution in [3.63, 3.8) is 0 Å². The van der Waals surface area contributed by atoms with Crippen LogP contribution < -0.4 is 10.5 Å². The van der Waals surface area contributed by atoms with E-state index in [1.54, 1.807) is 30.3 Å². The normalized spacial score (nSPS) is 11.3. The number of halogens is 2. The Morgan fingerprint density at radius 3 is 2.40 bits per heavy atom. The summed E-state index contributed by atoms with van der Waals surface area (Å²) < 4.78 is 27.1. The third kappa shape index (κ3) is 3.24. The van der Waals surface area contributed by atoms with Gasteiger partial charge in [0.15, 0.2) is 0 Å². The highest BCUT2D eigenvalue weighted by Crippen LogP contribution is 2.27. The summed E-state index contributed by atoms with van der Waals surface area (Å²) in [5.74, 6) is 0. The minimum absolute atomic E-state index is 0.0259. The zero-order valence-electron chi connectivity index (χ0n) is 10.3.